The van der Waals surface area contributed by atoms with Gasteiger partial charge in [0.2, 0.25) is 0 Å². The average Bonchev–Trinajstić information content (AvgIpc) is 2.97. The van der Waals surface area contributed by atoms with E-state index in [1.807, 2.05) is 0 Å². The number of carbonyl (C=O) groups excluding carboxylic acids is 2. The van der Waals surface area contributed by atoms with Crippen LogP contribution < -0.4 is 11.1 Å². The summed E-state index contributed by atoms with van der Waals surface area (Å²) in [6.45, 7) is -0.824. The van der Waals surface area contributed by atoms with Crippen molar-refractivity contribution in [3.05, 3.63) is 11.1 Å². The number of β-lactam (4-membered cyclic amide) rings is 1. The molecule has 0 aliphatic carbocycles. The molecule has 4 N–H and O–H groups in total. The van der Waals surface area contributed by atoms with Crippen molar-refractivity contribution >= 4 is 84.0 Å². The van der Waals surface area contributed by atoms with Crippen LogP contribution >= 0.6 is 11.3 Å². The Balaban J connectivity index is 0.00000420. The van der Waals surface area contributed by atoms with Gasteiger partial charge in [0.25, 0.3) is 21.9 Å². The number of oxime groups is 1. The number of nitrogens with zero attached hydrogens (tertiary/aromatic N) is 3. The van der Waals surface area contributed by atoms with Crippen molar-refractivity contribution in [3.8, 4) is 0 Å². The van der Waals surface area contributed by atoms with E-state index in [-0.39, 0.29) is 50.4 Å². The number of nitrogens with two attached hydrogens (primary N) is 1. The van der Waals surface area contributed by atoms with Crippen molar-refractivity contribution in [2.75, 3.05) is 25.7 Å². The second-order valence-electron chi connectivity index (χ2n) is 5.31. The summed E-state index contributed by atoms with van der Waals surface area (Å²) in [6.07, 6.45) is 0.703. The van der Waals surface area contributed by atoms with Gasteiger partial charge < -0.3 is 15.9 Å². The fourth-order valence-electron chi connectivity index (χ4n) is 2.22. The molecule has 0 bridgehead atoms. The summed E-state index contributed by atoms with van der Waals surface area (Å²) in [5.74, 6) is -2.18. The number of amides is 2. The second-order valence-corrected chi connectivity index (χ2v) is 9.14. The van der Waals surface area contributed by atoms with Crippen LogP contribution in [0.5, 0.6) is 0 Å². The SMILES string of the molecule is CO/N=C(\C(=O)NC1C(=O)N(S(=O)(=O)O)C1COS(C)(=O)=O)c1csc(N)n1.[NaH]. The molecule has 0 spiro atoms. The van der Waals surface area contributed by atoms with Crippen LogP contribution in [0, 0.1) is 0 Å². The molecule has 158 valence electrons. The van der Waals surface area contributed by atoms with Gasteiger partial charge in [0.05, 0.1) is 12.9 Å². The molecule has 29 heavy (non-hydrogen) atoms. The van der Waals surface area contributed by atoms with E-state index in [1.165, 1.54) is 5.38 Å². The molecule has 18 heteroatoms. The molecule has 1 aromatic rings. The number of aromatic nitrogens is 1. The Morgan fingerprint density at radius 1 is 1.45 bits per heavy atom. The molecule has 1 fully saturated rings. The molecule has 0 radical (unpaired) electrons. The summed E-state index contributed by atoms with van der Waals surface area (Å²) in [5, 5.41) is 7.20. The molecule has 2 atom stereocenters. The summed E-state index contributed by atoms with van der Waals surface area (Å²) in [4.78, 5) is 32.9. The fourth-order valence-corrected chi connectivity index (χ4v) is 4.02. The number of carbonyl (C=O) groups is 2. The van der Waals surface area contributed by atoms with Crippen LogP contribution in [-0.2, 0) is 39.0 Å². The van der Waals surface area contributed by atoms with Gasteiger partial charge in [-0.1, -0.05) is 5.16 Å². The van der Waals surface area contributed by atoms with Crippen molar-refractivity contribution in [1.29, 1.82) is 0 Å². The Morgan fingerprint density at radius 3 is 2.52 bits per heavy atom. The number of hydrogen-bond acceptors (Lipinski definition) is 12. The third kappa shape index (κ3) is 6.32. The van der Waals surface area contributed by atoms with Crippen molar-refractivity contribution < 1.29 is 40.0 Å². The molecule has 14 nitrogen and oxygen atoms in total. The second kappa shape index (κ2) is 9.65. The van der Waals surface area contributed by atoms with Gasteiger partial charge in [-0.25, -0.2) is 9.29 Å². The Morgan fingerprint density at radius 2 is 2.07 bits per heavy atom. The number of hydrogen-bond donors (Lipinski definition) is 3. The maximum absolute atomic E-state index is 12.5. The van der Waals surface area contributed by atoms with Crippen molar-refractivity contribution in [2.45, 2.75) is 12.1 Å². The van der Waals surface area contributed by atoms with Gasteiger partial charge in [0.1, 0.15) is 24.9 Å². The van der Waals surface area contributed by atoms with Gasteiger partial charge >= 0.3 is 39.9 Å². The van der Waals surface area contributed by atoms with Gasteiger partial charge in [-0.2, -0.15) is 16.8 Å². The minimum atomic E-state index is -5.00. The molecule has 1 aliphatic heterocycles. The molecule has 2 heterocycles. The molecule has 2 unspecified atom stereocenters. The maximum atomic E-state index is 12.5. The fraction of sp³-hybridized carbons (Fsp3) is 0.455. The van der Waals surface area contributed by atoms with Gasteiger partial charge in [-0.15, -0.1) is 11.3 Å². The van der Waals surface area contributed by atoms with Crippen molar-refractivity contribution in [1.82, 2.24) is 14.6 Å². The van der Waals surface area contributed by atoms with Crippen LogP contribution in [-0.4, -0.2) is 110 Å². The minimum absolute atomic E-state index is 0. The van der Waals surface area contributed by atoms with Crippen LogP contribution in [0.2, 0.25) is 0 Å². The molecule has 1 aromatic heterocycles. The van der Waals surface area contributed by atoms with E-state index in [1.54, 1.807) is 0 Å². The number of rotatable bonds is 8. The number of nitrogens with one attached hydrogen (secondary N) is 1. The average molecular weight is 481 g/mol. The molecule has 0 aromatic carbocycles. The Labute approximate surface area is 191 Å². The van der Waals surface area contributed by atoms with E-state index < -0.39 is 50.9 Å². The molecule has 2 rings (SSSR count). The molecular formula is C11H16N5NaO9S3. The predicted molar refractivity (Wildman–Crippen MR) is 102 cm³/mol. The third-order valence-electron chi connectivity index (χ3n) is 3.32. The topological polar surface area (TPSA) is 208 Å². The van der Waals surface area contributed by atoms with E-state index in [0.717, 1.165) is 18.4 Å². The van der Waals surface area contributed by atoms with Crippen LogP contribution in [0.1, 0.15) is 5.69 Å². The Bertz CT molecular complexity index is 1020. The standard InChI is InChI=1S/C11H15N5O9S3.Na.H/c1-24-15-7(5-4-26-11(12)13-5)9(17)14-8-6(3-25-27(2,19)20)16(10(8)18)28(21,22)23;;/h4,6,8H,3H2,1-2H3,(H2,12,13)(H,14,17)(H,21,22,23);;/b15-7-;;. The van der Waals surface area contributed by atoms with Gasteiger partial charge in [0, 0.05) is 5.38 Å². The zero-order chi connectivity index (χ0) is 21.3. The van der Waals surface area contributed by atoms with E-state index >= 15 is 0 Å². The zero-order valence-corrected chi connectivity index (χ0v) is 16.7. The molecule has 2 amide bonds. The quantitative estimate of drug-likeness (QED) is 0.0846. The summed E-state index contributed by atoms with van der Waals surface area (Å²) in [5.41, 5.74) is 5.16. The summed E-state index contributed by atoms with van der Waals surface area (Å²) < 4.78 is 58.6. The molecular weight excluding hydrogens is 465 g/mol. The first-order valence-electron chi connectivity index (χ1n) is 7.13. The molecule has 1 aliphatic rings. The van der Waals surface area contributed by atoms with Crippen molar-refractivity contribution in [2.24, 2.45) is 5.16 Å². The van der Waals surface area contributed by atoms with E-state index in [0.29, 0.717) is 6.26 Å². The van der Waals surface area contributed by atoms with Gasteiger partial charge in [0.15, 0.2) is 10.8 Å². The molecule has 1 saturated heterocycles. The first-order chi connectivity index (χ1) is 12.8. The first-order valence-corrected chi connectivity index (χ1v) is 11.2. The van der Waals surface area contributed by atoms with Gasteiger partial charge in [-0.05, 0) is 0 Å². The Hall–Kier alpha value is -1.34. The van der Waals surface area contributed by atoms with Gasteiger partial charge in [-0.3, -0.25) is 18.3 Å². The first kappa shape index (κ1) is 25.7. The normalized spacial score (nSPS) is 19.9. The predicted octanol–water partition coefficient (Wildman–Crippen LogP) is -3.10. The number of anilines is 1. The third-order valence-corrected chi connectivity index (χ3v) is 5.51. The van der Waals surface area contributed by atoms with Crippen LogP contribution in [0.3, 0.4) is 0 Å². The summed E-state index contributed by atoms with van der Waals surface area (Å²) in [6, 6.07) is -3.03. The molecule has 0 saturated carbocycles. The number of nitrogen functional groups attached to an aromatic ring is 1. The summed E-state index contributed by atoms with van der Waals surface area (Å²) >= 11 is 1.01. The van der Waals surface area contributed by atoms with Crippen LogP contribution in [0.4, 0.5) is 5.13 Å². The van der Waals surface area contributed by atoms with Crippen LogP contribution in [0.15, 0.2) is 10.5 Å². The number of thiazole rings is 1. The summed E-state index contributed by atoms with van der Waals surface area (Å²) in [7, 11) is -7.84. The Kier molecular flexibility index (Phi) is 8.55. The van der Waals surface area contributed by atoms with E-state index in [9.17, 15) is 26.4 Å². The monoisotopic (exact) mass is 481 g/mol. The van der Waals surface area contributed by atoms with E-state index in [4.69, 9.17) is 10.3 Å². The zero-order valence-electron chi connectivity index (χ0n) is 14.3. The van der Waals surface area contributed by atoms with Crippen molar-refractivity contribution in [3.63, 3.8) is 0 Å². The van der Waals surface area contributed by atoms with E-state index in [2.05, 4.69) is 24.5 Å². The van der Waals surface area contributed by atoms with Crippen LogP contribution in [0.25, 0.3) is 0 Å².